The number of fused-ring (bicyclic) bond motifs is 1. The molecule has 0 spiro atoms. The molecule has 0 bridgehead atoms. The predicted molar refractivity (Wildman–Crippen MR) is 151 cm³/mol. The first-order valence-electron chi connectivity index (χ1n) is 12.7. The van der Waals surface area contributed by atoms with Crippen molar-refractivity contribution in [2.45, 2.75) is 39.5 Å². The van der Waals surface area contributed by atoms with E-state index in [1.807, 2.05) is 62.5 Å². The number of methoxy groups -OCH3 is 1. The SMILES string of the molecule is COCCn1nnnc1[C@@H](c1cc2cc(C)cc(C)c2[nH]c1=O)N(Cc1cccnc1)Cc1ccccc1Cl. The van der Waals surface area contributed by atoms with Crippen LogP contribution >= 0.6 is 11.6 Å². The van der Waals surface area contributed by atoms with Gasteiger partial charge in [0.2, 0.25) is 0 Å². The lowest BCUT2D eigenvalue weighted by atomic mass is 9.99. The third-order valence-electron chi connectivity index (χ3n) is 6.73. The lowest BCUT2D eigenvalue weighted by Crippen LogP contribution is -2.35. The van der Waals surface area contributed by atoms with E-state index in [-0.39, 0.29) is 5.56 Å². The van der Waals surface area contributed by atoms with E-state index in [2.05, 4.69) is 42.5 Å². The summed E-state index contributed by atoms with van der Waals surface area (Å²) in [5.41, 5.74) is 5.19. The van der Waals surface area contributed by atoms with E-state index in [0.29, 0.717) is 42.7 Å². The first kappa shape index (κ1) is 26.7. The van der Waals surface area contributed by atoms with E-state index in [1.54, 1.807) is 18.0 Å². The number of aryl methyl sites for hydroxylation is 2. The highest BCUT2D eigenvalue weighted by atomic mass is 35.5. The molecule has 0 unspecified atom stereocenters. The number of rotatable bonds is 10. The van der Waals surface area contributed by atoms with Crippen molar-refractivity contribution in [1.82, 2.24) is 35.1 Å². The largest absolute Gasteiger partial charge is 0.383 e. The zero-order chi connectivity index (χ0) is 27.4. The number of tetrazole rings is 1. The summed E-state index contributed by atoms with van der Waals surface area (Å²) in [6.07, 6.45) is 3.56. The third kappa shape index (κ3) is 5.90. The van der Waals surface area contributed by atoms with Crippen LogP contribution < -0.4 is 5.56 Å². The first-order chi connectivity index (χ1) is 18.9. The Morgan fingerprint density at radius 2 is 1.95 bits per heavy atom. The lowest BCUT2D eigenvalue weighted by molar-refractivity contribution is 0.169. The molecule has 200 valence electrons. The highest BCUT2D eigenvalue weighted by Crippen LogP contribution is 2.32. The van der Waals surface area contributed by atoms with Gasteiger partial charge in [-0.15, -0.1) is 5.10 Å². The van der Waals surface area contributed by atoms with Crippen LogP contribution in [0.3, 0.4) is 0 Å². The molecule has 0 amide bonds. The summed E-state index contributed by atoms with van der Waals surface area (Å²) in [4.78, 5) is 23.4. The third-order valence-corrected chi connectivity index (χ3v) is 7.10. The summed E-state index contributed by atoms with van der Waals surface area (Å²) < 4.78 is 7.00. The summed E-state index contributed by atoms with van der Waals surface area (Å²) in [6, 6.07) is 17.1. The monoisotopic (exact) mass is 543 g/mol. The minimum atomic E-state index is -0.595. The predicted octanol–water partition coefficient (Wildman–Crippen LogP) is 4.62. The molecule has 1 atom stereocenters. The van der Waals surface area contributed by atoms with Gasteiger partial charge in [-0.1, -0.05) is 47.5 Å². The van der Waals surface area contributed by atoms with Crippen LogP contribution in [-0.2, 0) is 24.4 Å². The van der Waals surface area contributed by atoms with Gasteiger partial charge in [0.15, 0.2) is 5.82 Å². The number of nitrogens with zero attached hydrogens (tertiary/aromatic N) is 6. The Morgan fingerprint density at radius 1 is 1.10 bits per heavy atom. The summed E-state index contributed by atoms with van der Waals surface area (Å²) in [5.74, 6) is 0.539. The van der Waals surface area contributed by atoms with Crippen molar-refractivity contribution in [2.24, 2.45) is 0 Å². The fourth-order valence-corrected chi connectivity index (χ4v) is 5.16. The molecule has 9 nitrogen and oxygen atoms in total. The van der Waals surface area contributed by atoms with Gasteiger partial charge < -0.3 is 9.72 Å². The lowest BCUT2D eigenvalue weighted by Gasteiger charge is -2.31. The summed E-state index contributed by atoms with van der Waals surface area (Å²) >= 11 is 6.62. The van der Waals surface area contributed by atoms with Crippen molar-refractivity contribution in [3.05, 3.63) is 116 Å². The van der Waals surface area contributed by atoms with Crippen molar-refractivity contribution < 1.29 is 4.74 Å². The van der Waals surface area contributed by atoms with Crippen LogP contribution in [0.4, 0.5) is 0 Å². The van der Waals surface area contributed by atoms with Crippen molar-refractivity contribution >= 4 is 22.5 Å². The molecular formula is C29H30ClN7O2. The Balaban J connectivity index is 1.72. The number of ether oxygens (including phenoxy) is 1. The molecule has 39 heavy (non-hydrogen) atoms. The second kappa shape index (κ2) is 11.9. The van der Waals surface area contributed by atoms with Crippen LogP contribution in [-0.4, -0.2) is 48.8 Å². The van der Waals surface area contributed by atoms with Crippen LogP contribution in [0, 0.1) is 13.8 Å². The molecule has 0 saturated carbocycles. The number of nitrogens with one attached hydrogen (secondary N) is 1. The quantitative estimate of drug-likeness (QED) is 0.274. The Labute approximate surface area is 231 Å². The van der Waals surface area contributed by atoms with Gasteiger partial charge in [-0.25, -0.2) is 4.68 Å². The van der Waals surface area contributed by atoms with E-state index in [1.165, 1.54) is 0 Å². The van der Waals surface area contributed by atoms with Gasteiger partial charge in [-0.05, 0) is 70.6 Å². The van der Waals surface area contributed by atoms with Gasteiger partial charge in [0, 0.05) is 43.2 Å². The maximum Gasteiger partial charge on any atom is 0.253 e. The van der Waals surface area contributed by atoms with Crippen molar-refractivity contribution in [2.75, 3.05) is 13.7 Å². The van der Waals surface area contributed by atoms with Crippen molar-refractivity contribution in [1.29, 1.82) is 0 Å². The van der Waals surface area contributed by atoms with Gasteiger partial charge in [-0.3, -0.25) is 14.7 Å². The van der Waals surface area contributed by atoms with E-state index in [9.17, 15) is 4.79 Å². The Kier molecular flexibility index (Phi) is 8.11. The smallest absolute Gasteiger partial charge is 0.253 e. The van der Waals surface area contributed by atoms with Gasteiger partial charge in [-0.2, -0.15) is 0 Å². The van der Waals surface area contributed by atoms with E-state index < -0.39 is 6.04 Å². The molecule has 3 heterocycles. The molecule has 2 aromatic carbocycles. The van der Waals surface area contributed by atoms with Crippen molar-refractivity contribution in [3.8, 4) is 0 Å². The number of benzene rings is 2. The fourth-order valence-electron chi connectivity index (χ4n) is 4.96. The molecule has 1 N–H and O–H groups in total. The number of hydrogen-bond donors (Lipinski definition) is 1. The number of halogens is 1. The van der Waals surface area contributed by atoms with Crippen LogP contribution in [0.5, 0.6) is 0 Å². The maximum absolute atomic E-state index is 13.8. The van der Waals surface area contributed by atoms with Crippen molar-refractivity contribution in [3.63, 3.8) is 0 Å². The molecule has 0 fully saturated rings. The minimum Gasteiger partial charge on any atom is -0.383 e. The summed E-state index contributed by atoms with van der Waals surface area (Å²) in [7, 11) is 1.63. The highest BCUT2D eigenvalue weighted by Gasteiger charge is 2.31. The molecule has 0 aliphatic rings. The standard InChI is InChI=1S/C29H30ClN7O2/c1-19-13-20(2)26-23(14-19)15-24(29(38)32-26)27(28-33-34-35-37(28)11-12-39-3)36(17-21-7-6-10-31-16-21)18-22-8-4-5-9-25(22)30/h4-10,13-16,27H,11-12,17-18H2,1-3H3,(H,32,38)/t27-/m1/s1. The van der Waals surface area contributed by atoms with Gasteiger partial charge >= 0.3 is 0 Å². The molecule has 0 saturated heterocycles. The topological polar surface area (TPSA) is 102 Å². The molecule has 5 aromatic rings. The molecule has 10 heteroatoms. The first-order valence-corrected chi connectivity index (χ1v) is 13.1. The maximum atomic E-state index is 13.8. The number of pyridine rings is 2. The zero-order valence-electron chi connectivity index (χ0n) is 22.1. The average molecular weight is 544 g/mol. The summed E-state index contributed by atoms with van der Waals surface area (Å²) in [5, 5.41) is 14.2. The number of hydrogen-bond acceptors (Lipinski definition) is 7. The molecule has 5 rings (SSSR count). The van der Waals surface area contributed by atoms with E-state index >= 15 is 0 Å². The zero-order valence-corrected chi connectivity index (χ0v) is 22.9. The Bertz CT molecular complexity index is 1630. The summed E-state index contributed by atoms with van der Waals surface area (Å²) in [6.45, 7) is 5.83. The molecular weight excluding hydrogens is 514 g/mol. The molecule has 0 radical (unpaired) electrons. The second-order valence-corrected chi connectivity index (χ2v) is 10.0. The van der Waals surface area contributed by atoms with Crippen LogP contribution in [0.2, 0.25) is 5.02 Å². The van der Waals surface area contributed by atoms with Gasteiger partial charge in [0.05, 0.1) is 18.7 Å². The normalized spacial score (nSPS) is 12.3. The van der Waals surface area contributed by atoms with E-state index in [4.69, 9.17) is 16.3 Å². The molecule has 3 aromatic heterocycles. The second-order valence-electron chi connectivity index (χ2n) is 9.61. The Hall–Kier alpha value is -3.92. The van der Waals surface area contributed by atoms with E-state index in [0.717, 1.165) is 33.2 Å². The fraction of sp³-hybridized carbons (Fsp3) is 0.276. The number of aromatic nitrogens is 6. The van der Waals surface area contributed by atoms with Crippen LogP contribution in [0.25, 0.3) is 10.9 Å². The van der Waals surface area contributed by atoms with Crippen LogP contribution in [0.1, 0.15) is 39.7 Å². The molecule has 0 aliphatic carbocycles. The Morgan fingerprint density at radius 3 is 2.72 bits per heavy atom. The molecule has 0 aliphatic heterocycles. The average Bonchev–Trinajstić information content (AvgIpc) is 3.38. The van der Waals surface area contributed by atoms with Gasteiger partial charge in [0.25, 0.3) is 5.56 Å². The van der Waals surface area contributed by atoms with Gasteiger partial charge in [0.1, 0.15) is 6.04 Å². The number of H-pyrrole nitrogens is 1. The minimum absolute atomic E-state index is 0.198. The number of aromatic amines is 1. The van der Waals surface area contributed by atoms with Crippen LogP contribution in [0.15, 0.2) is 71.8 Å². The highest BCUT2D eigenvalue weighted by molar-refractivity contribution is 6.31.